The van der Waals surface area contributed by atoms with Crippen molar-refractivity contribution in [2.45, 2.75) is 19.3 Å². The molecule has 2 heterocycles. The van der Waals surface area contributed by atoms with E-state index >= 15 is 0 Å². The van der Waals surface area contributed by atoms with Gasteiger partial charge < -0.3 is 9.15 Å². The molecular weight excluding hydrogens is 280 g/mol. The molecule has 1 aromatic carbocycles. The number of aromatic nitrogens is 2. The molecule has 0 saturated heterocycles. The van der Waals surface area contributed by atoms with E-state index in [0.717, 1.165) is 19.3 Å². The number of hydrogen-bond donors (Lipinski definition) is 0. The van der Waals surface area contributed by atoms with Crippen molar-refractivity contribution in [3.63, 3.8) is 0 Å². The monoisotopic (exact) mass is 294 g/mol. The lowest BCUT2D eigenvalue weighted by atomic mass is 9.86. The van der Waals surface area contributed by atoms with Crippen LogP contribution in [-0.2, 0) is 4.79 Å². The average Bonchev–Trinajstić information content (AvgIpc) is 2.89. The van der Waals surface area contributed by atoms with Gasteiger partial charge in [-0.15, -0.1) is 0 Å². The maximum absolute atomic E-state index is 11.9. The van der Waals surface area contributed by atoms with Crippen molar-refractivity contribution in [2.24, 2.45) is 5.92 Å². The molecule has 3 aromatic rings. The van der Waals surface area contributed by atoms with E-state index in [1.165, 1.54) is 0 Å². The highest BCUT2D eigenvalue weighted by atomic mass is 16.5. The largest absolute Gasteiger partial charge is 0.435 e. The van der Waals surface area contributed by atoms with E-state index in [9.17, 15) is 4.79 Å². The van der Waals surface area contributed by atoms with Crippen molar-refractivity contribution in [1.82, 2.24) is 9.97 Å². The molecule has 4 rings (SSSR count). The summed E-state index contributed by atoms with van der Waals surface area (Å²) in [6.07, 6.45) is 4.64. The number of pyridine rings is 1. The highest BCUT2D eigenvalue weighted by molar-refractivity contribution is 5.80. The summed E-state index contributed by atoms with van der Waals surface area (Å²) in [5, 5.41) is 0. The van der Waals surface area contributed by atoms with Gasteiger partial charge in [-0.3, -0.25) is 9.78 Å². The zero-order chi connectivity index (χ0) is 14.9. The molecule has 1 aliphatic carbocycles. The molecule has 0 aliphatic heterocycles. The lowest BCUT2D eigenvalue weighted by Crippen LogP contribution is -2.26. The molecule has 0 bridgehead atoms. The Balaban J connectivity index is 1.62. The highest BCUT2D eigenvalue weighted by Crippen LogP contribution is 2.30. The van der Waals surface area contributed by atoms with Crippen LogP contribution in [0.2, 0.25) is 0 Å². The van der Waals surface area contributed by atoms with E-state index in [-0.39, 0.29) is 11.9 Å². The summed E-state index contributed by atoms with van der Waals surface area (Å²) in [6, 6.07) is 10.8. The number of benzene rings is 1. The van der Waals surface area contributed by atoms with Gasteiger partial charge in [0.2, 0.25) is 5.89 Å². The number of carbonyl (C=O) groups is 1. The summed E-state index contributed by atoms with van der Waals surface area (Å²) in [7, 11) is 0. The molecular formula is C17H14N2O3. The van der Waals surface area contributed by atoms with Crippen molar-refractivity contribution >= 4 is 17.1 Å². The van der Waals surface area contributed by atoms with Gasteiger partial charge in [-0.05, 0) is 37.1 Å². The Kier molecular flexibility index (Phi) is 3.11. The highest BCUT2D eigenvalue weighted by Gasteiger charge is 2.27. The molecule has 1 aliphatic rings. The van der Waals surface area contributed by atoms with Crippen LogP contribution in [0.1, 0.15) is 19.3 Å². The number of rotatable bonds is 3. The Bertz CT molecular complexity index is 822. The maximum Gasteiger partial charge on any atom is 0.314 e. The number of carbonyl (C=O) groups excluding carboxylic acids is 1. The molecule has 22 heavy (non-hydrogen) atoms. The van der Waals surface area contributed by atoms with Crippen LogP contribution in [0.4, 0.5) is 0 Å². The maximum atomic E-state index is 11.9. The zero-order valence-electron chi connectivity index (χ0n) is 11.9. The van der Waals surface area contributed by atoms with E-state index in [4.69, 9.17) is 9.15 Å². The number of nitrogens with zero attached hydrogens (tertiary/aromatic N) is 2. The van der Waals surface area contributed by atoms with Crippen LogP contribution < -0.4 is 4.74 Å². The average molecular weight is 294 g/mol. The van der Waals surface area contributed by atoms with Gasteiger partial charge >= 0.3 is 5.97 Å². The Hall–Kier alpha value is -2.69. The second-order valence-corrected chi connectivity index (χ2v) is 5.41. The summed E-state index contributed by atoms with van der Waals surface area (Å²) < 4.78 is 11.1. The lowest BCUT2D eigenvalue weighted by Gasteiger charge is -2.22. The van der Waals surface area contributed by atoms with E-state index in [2.05, 4.69) is 9.97 Å². The van der Waals surface area contributed by atoms with Crippen LogP contribution in [0.5, 0.6) is 5.75 Å². The fourth-order valence-electron chi connectivity index (χ4n) is 2.41. The Morgan fingerprint density at radius 1 is 1.23 bits per heavy atom. The molecule has 0 amide bonds. The van der Waals surface area contributed by atoms with Crippen LogP contribution in [0, 0.1) is 5.92 Å². The van der Waals surface area contributed by atoms with Crippen molar-refractivity contribution in [3.05, 3.63) is 42.6 Å². The summed E-state index contributed by atoms with van der Waals surface area (Å²) in [4.78, 5) is 20.5. The summed E-state index contributed by atoms with van der Waals surface area (Å²) in [5.41, 5.74) is 1.97. The van der Waals surface area contributed by atoms with E-state index in [0.29, 0.717) is 28.4 Å². The van der Waals surface area contributed by atoms with Gasteiger partial charge in [-0.2, -0.15) is 0 Å². The van der Waals surface area contributed by atoms with Crippen LogP contribution in [0.15, 0.2) is 47.0 Å². The third-order valence-corrected chi connectivity index (χ3v) is 3.90. The molecule has 0 N–H and O–H groups in total. The Morgan fingerprint density at radius 2 is 2.14 bits per heavy atom. The van der Waals surface area contributed by atoms with Gasteiger partial charge in [0.25, 0.3) is 0 Å². The predicted molar refractivity (Wildman–Crippen MR) is 80.2 cm³/mol. The summed E-state index contributed by atoms with van der Waals surface area (Å²) in [5.74, 6) is 0.843. The third kappa shape index (κ3) is 2.35. The molecule has 0 unspecified atom stereocenters. The standard InChI is InChI=1S/C17H14N2O3/c20-17(11-4-3-5-11)21-12-7-8-13-15(10-12)22-16(19-13)14-6-1-2-9-18-14/h1-2,6-11H,3-5H2. The van der Waals surface area contributed by atoms with E-state index in [1.807, 2.05) is 18.2 Å². The van der Waals surface area contributed by atoms with Crippen molar-refractivity contribution in [1.29, 1.82) is 0 Å². The quantitative estimate of drug-likeness (QED) is 0.545. The van der Waals surface area contributed by atoms with Crippen LogP contribution in [0.25, 0.3) is 22.7 Å². The smallest absolute Gasteiger partial charge is 0.314 e. The van der Waals surface area contributed by atoms with Gasteiger partial charge in [-0.1, -0.05) is 12.5 Å². The normalized spacial score (nSPS) is 14.7. The number of ether oxygens (including phenoxy) is 1. The second kappa shape index (κ2) is 5.26. The van der Waals surface area contributed by atoms with Crippen molar-refractivity contribution in [2.75, 3.05) is 0 Å². The van der Waals surface area contributed by atoms with E-state index in [1.54, 1.807) is 24.4 Å². The first kappa shape index (κ1) is 13.0. The van der Waals surface area contributed by atoms with Crippen LogP contribution in [0.3, 0.4) is 0 Å². The Morgan fingerprint density at radius 3 is 2.86 bits per heavy atom. The number of hydrogen-bond acceptors (Lipinski definition) is 5. The number of esters is 1. The second-order valence-electron chi connectivity index (χ2n) is 5.41. The Labute approximate surface area is 126 Å². The van der Waals surface area contributed by atoms with Gasteiger partial charge in [0.1, 0.15) is 17.0 Å². The van der Waals surface area contributed by atoms with Gasteiger partial charge in [0.05, 0.1) is 5.92 Å². The summed E-state index contributed by atoms with van der Waals surface area (Å²) in [6.45, 7) is 0. The SMILES string of the molecule is O=C(Oc1ccc2nc(-c3ccccn3)oc2c1)C1CCC1. The molecule has 110 valence electrons. The first-order valence-corrected chi connectivity index (χ1v) is 7.33. The van der Waals surface area contributed by atoms with Crippen LogP contribution in [-0.4, -0.2) is 15.9 Å². The molecule has 2 aromatic heterocycles. The minimum absolute atomic E-state index is 0.0505. The van der Waals surface area contributed by atoms with Gasteiger partial charge in [0.15, 0.2) is 5.58 Å². The summed E-state index contributed by atoms with van der Waals surface area (Å²) >= 11 is 0. The molecule has 1 saturated carbocycles. The lowest BCUT2D eigenvalue weighted by molar-refractivity contribution is -0.141. The van der Waals surface area contributed by atoms with Gasteiger partial charge in [-0.25, -0.2) is 4.98 Å². The molecule has 0 spiro atoms. The third-order valence-electron chi connectivity index (χ3n) is 3.90. The predicted octanol–water partition coefficient (Wildman–Crippen LogP) is 3.60. The zero-order valence-corrected chi connectivity index (χ0v) is 11.9. The molecule has 5 heteroatoms. The molecule has 5 nitrogen and oxygen atoms in total. The van der Waals surface area contributed by atoms with Crippen LogP contribution >= 0.6 is 0 Å². The first-order chi connectivity index (χ1) is 10.8. The molecule has 0 radical (unpaired) electrons. The first-order valence-electron chi connectivity index (χ1n) is 7.33. The fraction of sp³-hybridized carbons (Fsp3) is 0.235. The van der Waals surface area contributed by atoms with Gasteiger partial charge in [0, 0.05) is 12.3 Å². The minimum Gasteiger partial charge on any atom is -0.435 e. The number of oxazole rings is 1. The molecule has 0 atom stereocenters. The van der Waals surface area contributed by atoms with Crippen molar-refractivity contribution in [3.8, 4) is 17.3 Å². The van der Waals surface area contributed by atoms with E-state index < -0.39 is 0 Å². The number of fused-ring (bicyclic) bond motifs is 1. The topological polar surface area (TPSA) is 65.2 Å². The fourth-order valence-corrected chi connectivity index (χ4v) is 2.41. The minimum atomic E-state index is -0.157. The molecule has 1 fully saturated rings. The van der Waals surface area contributed by atoms with Crippen molar-refractivity contribution < 1.29 is 13.9 Å².